The minimum absolute atomic E-state index is 0.0926. The van der Waals surface area contributed by atoms with E-state index in [1.165, 1.54) is 89.9 Å². The van der Waals surface area contributed by atoms with Crippen LogP contribution in [0.5, 0.6) is 0 Å². The van der Waals surface area contributed by atoms with Crippen molar-refractivity contribution in [2.24, 2.45) is 0 Å². The number of hydrogen-bond acceptors (Lipinski definition) is 6. The van der Waals surface area contributed by atoms with E-state index >= 15 is 0 Å². The van der Waals surface area contributed by atoms with Crippen LogP contribution in [0.3, 0.4) is 0 Å². The molecule has 0 aromatic rings. The molecule has 0 fully saturated rings. The highest BCUT2D eigenvalue weighted by Gasteiger charge is 2.19. The van der Waals surface area contributed by atoms with Gasteiger partial charge in [0, 0.05) is 19.3 Å². The third-order valence-corrected chi connectivity index (χ3v) is 10.7. The third-order valence-electron chi connectivity index (χ3n) is 10.7. The molecule has 350 valence electrons. The van der Waals surface area contributed by atoms with Crippen molar-refractivity contribution in [2.75, 3.05) is 13.2 Å². The summed E-state index contributed by atoms with van der Waals surface area (Å²) in [5.74, 6) is -0.933. The molecule has 6 nitrogen and oxygen atoms in total. The van der Waals surface area contributed by atoms with Crippen LogP contribution in [0.4, 0.5) is 0 Å². The van der Waals surface area contributed by atoms with Crippen molar-refractivity contribution < 1.29 is 28.6 Å². The van der Waals surface area contributed by atoms with Crippen molar-refractivity contribution in [1.82, 2.24) is 0 Å². The van der Waals surface area contributed by atoms with Crippen LogP contribution in [0, 0.1) is 0 Å². The molecule has 6 heteroatoms. The molecule has 0 saturated heterocycles. The topological polar surface area (TPSA) is 78.9 Å². The lowest BCUT2D eigenvalue weighted by atomic mass is 10.1. The Morgan fingerprint density at radius 3 is 1.02 bits per heavy atom. The second kappa shape index (κ2) is 49.5. The highest BCUT2D eigenvalue weighted by atomic mass is 16.6. The summed E-state index contributed by atoms with van der Waals surface area (Å²) >= 11 is 0. The molecule has 0 heterocycles. The molecule has 0 aromatic carbocycles. The SMILES string of the molecule is CC/C=C\C/C=C\C/C=C\C/C=C\CCCCCCC(=O)OC(COC(=O)CCCCCCC/C=C\CCCCCC)COC(=O)CCCCCCC/C=C\CCCCCC. The first-order chi connectivity index (χ1) is 30.0. The van der Waals surface area contributed by atoms with Crippen LogP contribution < -0.4 is 0 Å². The second-order valence-electron chi connectivity index (χ2n) is 16.7. The number of rotatable bonds is 45. The maximum Gasteiger partial charge on any atom is 0.306 e. The van der Waals surface area contributed by atoms with Gasteiger partial charge in [-0.15, -0.1) is 0 Å². The predicted octanol–water partition coefficient (Wildman–Crippen LogP) is 16.6. The Morgan fingerprint density at radius 1 is 0.344 bits per heavy atom. The number of ether oxygens (including phenoxy) is 3. The van der Waals surface area contributed by atoms with Gasteiger partial charge in [0.15, 0.2) is 6.10 Å². The summed E-state index contributed by atoms with van der Waals surface area (Å²) in [6, 6.07) is 0. The van der Waals surface area contributed by atoms with Gasteiger partial charge in [0.2, 0.25) is 0 Å². The van der Waals surface area contributed by atoms with E-state index in [-0.39, 0.29) is 31.1 Å². The van der Waals surface area contributed by atoms with Crippen LogP contribution in [0.25, 0.3) is 0 Å². The summed E-state index contributed by atoms with van der Waals surface area (Å²) in [6.45, 7) is 6.45. The van der Waals surface area contributed by atoms with E-state index in [9.17, 15) is 14.4 Å². The zero-order valence-corrected chi connectivity index (χ0v) is 39.9. The highest BCUT2D eigenvalue weighted by molar-refractivity contribution is 5.71. The molecular weight excluding hydrogens is 757 g/mol. The molecule has 0 N–H and O–H groups in total. The maximum atomic E-state index is 12.8. The summed E-state index contributed by atoms with van der Waals surface area (Å²) in [5.41, 5.74) is 0. The largest absolute Gasteiger partial charge is 0.462 e. The Kier molecular flexibility index (Phi) is 46.9. The summed E-state index contributed by atoms with van der Waals surface area (Å²) < 4.78 is 16.8. The van der Waals surface area contributed by atoms with Gasteiger partial charge < -0.3 is 14.2 Å². The molecule has 0 atom stereocenters. The van der Waals surface area contributed by atoms with Crippen molar-refractivity contribution in [1.29, 1.82) is 0 Å². The Morgan fingerprint density at radius 2 is 0.639 bits per heavy atom. The minimum atomic E-state index is -0.794. The van der Waals surface area contributed by atoms with Crippen LogP contribution >= 0.6 is 0 Å². The van der Waals surface area contributed by atoms with Gasteiger partial charge in [-0.3, -0.25) is 14.4 Å². The lowest BCUT2D eigenvalue weighted by Gasteiger charge is -2.18. The molecular formula is C55H94O6. The summed E-state index contributed by atoms with van der Waals surface area (Å²) in [4.78, 5) is 37.9. The molecule has 0 aliphatic rings. The number of carbonyl (C=O) groups is 3. The number of esters is 3. The van der Waals surface area contributed by atoms with Crippen molar-refractivity contribution in [2.45, 2.75) is 245 Å². The minimum Gasteiger partial charge on any atom is -0.462 e. The van der Waals surface area contributed by atoms with Gasteiger partial charge in [-0.25, -0.2) is 0 Å². The molecule has 61 heavy (non-hydrogen) atoms. The predicted molar refractivity (Wildman–Crippen MR) is 261 cm³/mol. The Labute approximate surface area is 376 Å². The average Bonchev–Trinajstić information content (AvgIpc) is 3.26. The molecule has 0 rings (SSSR count). The van der Waals surface area contributed by atoms with E-state index in [1.54, 1.807) is 0 Å². The molecule has 0 saturated carbocycles. The summed E-state index contributed by atoms with van der Waals surface area (Å²) in [5, 5.41) is 0. The molecule has 0 aliphatic carbocycles. The van der Waals surface area contributed by atoms with Gasteiger partial charge in [0.25, 0.3) is 0 Å². The van der Waals surface area contributed by atoms with E-state index in [1.807, 2.05) is 0 Å². The molecule has 0 radical (unpaired) electrons. The van der Waals surface area contributed by atoms with E-state index in [0.29, 0.717) is 19.3 Å². The molecule has 0 aliphatic heterocycles. The first kappa shape index (κ1) is 57.9. The van der Waals surface area contributed by atoms with Crippen molar-refractivity contribution in [3.63, 3.8) is 0 Å². The number of unbranched alkanes of at least 4 members (excludes halogenated alkanes) is 22. The Hall–Kier alpha value is -3.15. The average molecular weight is 851 g/mol. The smallest absolute Gasteiger partial charge is 0.306 e. The van der Waals surface area contributed by atoms with Crippen molar-refractivity contribution >= 4 is 17.9 Å². The maximum absolute atomic E-state index is 12.8. The Bertz CT molecular complexity index is 1110. The standard InChI is InChI=1S/C55H94O6/c1-4-7-10-13-16-19-22-25-26-27-28-31-34-37-40-43-46-49-55(58)61-52(50-59-53(56)47-44-41-38-35-32-29-23-20-17-14-11-8-5-2)51-60-54(57)48-45-42-39-36-33-30-24-21-18-15-12-9-6-3/h7,10,16,19-21,23-26,28,31,52H,4-6,8-9,11-15,17-18,22,27,29-30,32-51H2,1-3H3/b10-7-,19-16-,23-20-,24-21-,26-25-,31-28-. The van der Waals surface area contributed by atoms with Gasteiger partial charge in [0.05, 0.1) is 0 Å². The van der Waals surface area contributed by atoms with Crippen LogP contribution in [0.1, 0.15) is 239 Å². The van der Waals surface area contributed by atoms with Gasteiger partial charge in [-0.05, 0) is 109 Å². The normalized spacial score (nSPS) is 12.2. The van der Waals surface area contributed by atoms with Gasteiger partial charge in [-0.2, -0.15) is 0 Å². The van der Waals surface area contributed by atoms with E-state index < -0.39 is 6.10 Å². The van der Waals surface area contributed by atoms with Gasteiger partial charge >= 0.3 is 17.9 Å². The number of carbonyl (C=O) groups excluding carboxylic acids is 3. The molecule has 0 unspecified atom stereocenters. The summed E-state index contributed by atoms with van der Waals surface area (Å²) in [6.07, 6.45) is 61.6. The quantitative estimate of drug-likeness (QED) is 0.0263. The van der Waals surface area contributed by atoms with Crippen molar-refractivity contribution in [3.8, 4) is 0 Å². The van der Waals surface area contributed by atoms with Gasteiger partial charge in [0.1, 0.15) is 13.2 Å². The monoisotopic (exact) mass is 851 g/mol. The zero-order valence-electron chi connectivity index (χ0n) is 39.9. The Balaban J connectivity index is 4.46. The number of hydrogen-bond donors (Lipinski definition) is 0. The van der Waals surface area contributed by atoms with Crippen LogP contribution in [0.15, 0.2) is 72.9 Å². The van der Waals surface area contributed by atoms with E-state index in [2.05, 4.69) is 93.7 Å². The van der Waals surface area contributed by atoms with Crippen molar-refractivity contribution in [3.05, 3.63) is 72.9 Å². The lowest BCUT2D eigenvalue weighted by molar-refractivity contribution is -0.167. The first-order valence-corrected chi connectivity index (χ1v) is 25.4. The molecule has 0 spiro atoms. The third kappa shape index (κ3) is 47.7. The van der Waals surface area contributed by atoms with Crippen LogP contribution in [0.2, 0.25) is 0 Å². The van der Waals surface area contributed by atoms with Gasteiger partial charge in [-0.1, -0.05) is 184 Å². The summed E-state index contributed by atoms with van der Waals surface area (Å²) in [7, 11) is 0. The molecule has 0 bridgehead atoms. The van der Waals surface area contributed by atoms with Crippen LogP contribution in [-0.2, 0) is 28.6 Å². The van der Waals surface area contributed by atoms with E-state index in [4.69, 9.17) is 14.2 Å². The number of allylic oxidation sites excluding steroid dienone is 12. The highest BCUT2D eigenvalue weighted by Crippen LogP contribution is 2.13. The fraction of sp³-hybridized carbons (Fsp3) is 0.727. The first-order valence-electron chi connectivity index (χ1n) is 25.4. The molecule has 0 aromatic heterocycles. The van der Waals surface area contributed by atoms with E-state index in [0.717, 1.165) is 109 Å². The second-order valence-corrected chi connectivity index (χ2v) is 16.7. The fourth-order valence-electron chi connectivity index (χ4n) is 6.83. The zero-order chi connectivity index (χ0) is 44.4. The fourth-order valence-corrected chi connectivity index (χ4v) is 6.83. The van der Waals surface area contributed by atoms with Crippen LogP contribution in [-0.4, -0.2) is 37.2 Å². The molecule has 0 amide bonds. The lowest BCUT2D eigenvalue weighted by Crippen LogP contribution is -2.30.